The fourth-order valence-corrected chi connectivity index (χ4v) is 2.30. The molecule has 4 heteroatoms. The summed E-state index contributed by atoms with van der Waals surface area (Å²) in [7, 11) is 0. The van der Waals surface area contributed by atoms with Gasteiger partial charge in [0.2, 0.25) is 0 Å². The molecule has 0 saturated carbocycles. The molecule has 0 radical (unpaired) electrons. The van der Waals surface area contributed by atoms with Gasteiger partial charge in [0.15, 0.2) is 0 Å². The molecule has 2 N–H and O–H groups in total. The van der Waals surface area contributed by atoms with Gasteiger partial charge in [-0.15, -0.1) is 0 Å². The number of hydrogen-bond acceptors (Lipinski definition) is 2. The minimum atomic E-state index is -1.01. The van der Waals surface area contributed by atoms with Crippen LogP contribution in [0.5, 0.6) is 0 Å². The Morgan fingerprint density at radius 1 is 1.40 bits per heavy atom. The maximum Gasteiger partial charge on any atom is 0.327 e. The Morgan fingerprint density at radius 2 is 2.15 bits per heavy atom. The first kappa shape index (κ1) is 14.1. The van der Waals surface area contributed by atoms with E-state index in [0.717, 1.165) is 29.0 Å². The molecule has 1 heterocycles. The number of nitrogens with one attached hydrogen (secondary N) is 1. The van der Waals surface area contributed by atoms with Crippen molar-refractivity contribution >= 4 is 16.9 Å². The van der Waals surface area contributed by atoms with E-state index in [-0.39, 0.29) is 5.56 Å². The van der Waals surface area contributed by atoms with Crippen LogP contribution in [0.1, 0.15) is 23.6 Å². The number of aromatic nitrogens is 1. The van der Waals surface area contributed by atoms with Gasteiger partial charge in [0.05, 0.1) is 0 Å². The van der Waals surface area contributed by atoms with E-state index in [2.05, 4.69) is 11.9 Å². The normalized spacial score (nSPS) is 11.3. The van der Waals surface area contributed by atoms with E-state index in [4.69, 9.17) is 5.11 Å². The number of aryl methyl sites for hydroxylation is 2. The van der Waals surface area contributed by atoms with E-state index in [0.29, 0.717) is 12.0 Å². The smallest absolute Gasteiger partial charge is 0.327 e. The first-order valence-corrected chi connectivity index (χ1v) is 6.56. The SMILES string of the molecule is CCc1ccc2c(C)c(CC=CC(=O)O)c(=O)[nH]c2c1. The van der Waals surface area contributed by atoms with Crippen molar-refractivity contribution < 1.29 is 9.90 Å². The topological polar surface area (TPSA) is 70.2 Å². The average molecular weight is 271 g/mol. The number of carboxylic acid groups (broad SMARTS) is 1. The van der Waals surface area contributed by atoms with Crippen LogP contribution in [0.15, 0.2) is 35.1 Å². The average Bonchev–Trinajstić information content (AvgIpc) is 2.41. The van der Waals surface area contributed by atoms with E-state index in [1.54, 1.807) is 0 Å². The number of hydrogen-bond donors (Lipinski definition) is 2. The third kappa shape index (κ3) is 2.79. The summed E-state index contributed by atoms with van der Waals surface area (Å²) in [5.41, 5.74) is 3.36. The molecule has 0 atom stereocenters. The van der Waals surface area contributed by atoms with Crippen LogP contribution >= 0.6 is 0 Å². The van der Waals surface area contributed by atoms with Crippen LogP contribution < -0.4 is 5.56 Å². The monoisotopic (exact) mass is 271 g/mol. The van der Waals surface area contributed by atoms with Crippen LogP contribution in [0.4, 0.5) is 0 Å². The summed E-state index contributed by atoms with van der Waals surface area (Å²) in [6.45, 7) is 3.96. The van der Waals surface area contributed by atoms with Crippen LogP contribution in [-0.4, -0.2) is 16.1 Å². The lowest BCUT2D eigenvalue weighted by Crippen LogP contribution is -2.14. The summed E-state index contributed by atoms with van der Waals surface area (Å²) in [6.07, 6.45) is 3.79. The highest BCUT2D eigenvalue weighted by Crippen LogP contribution is 2.19. The van der Waals surface area contributed by atoms with Gasteiger partial charge in [0, 0.05) is 22.5 Å². The fraction of sp³-hybridized carbons (Fsp3) is 0.250. The Bertz CT molecular complexity index is 741. The predicted molar refractivity (Wildman–Crippen MR) is 79.2 cm³/mol. The Hall–Kier alpha value is -2.36. The number of benzene rings is 1. The van der Waals surface area contributed by atoms with E-state index < -0.39 is 5.97 Å². The number of carbonyl (C=O) groups is 1. The molecular weight excluding hydrogens is 254 g/mol. The maximum absolute atomic E-state index is 12.1. The Balaban J connectivity index is 2.52. The lowest BCUT2D eigenvalue weighted by atomic mass is 10.0. The number of pyridine rings is 1. The lowest BCUT2D eigenvalue weighted by molar-refractivity contribution is -0.131. The van der Waals surface area contributed by atoms with Gasteiger partial charge in [0.1, 0.15) is 0 Å². The molecule has 0 amide bonds. The largest absolute Gasteiger partial charge is 0.478 e. The third-order valence-electron chi connectivity index (χ3n) is 3.45. The number of aliphatic carboxylic acids is 1. The number of H-pyrrole nitrogens is 1. The highest BCUT2D eigenvalue weighted by atomic mass is 16.4. The quantitative estimate of drug-likeness (QED) is 0.840. The van der Waals surface area contributed by atoms with E-state index in [1.165, 1.54) is 11.6 Å². The van der Waals surface area contributed by atoms with E-state index in [1.807, 2.05) is 25.1 Å². The highest BCUT2D eigenvalue weighted by molar-refractivity contribution is 5.83. The zero-order valence-electron chi connectivity index (χ0n) is 11.6. The van der Waals surface area contributed by atoms with Gasteiger partial charge < -0.3 is 10.1 Å². The zero-order valence-corrected chi connectivity index (χ0v) is 11.6. The fourth-order valence-electron chi connectivity index (χ4n) is 2.30. The molecule has 0 aliphatic carbocycles. The molecule has 0 spiro atoms. The molecule has 20 heavy (non-hydrogen) atoms. The minimum absolute atomic E-state index is 0.154. The third-order valence-corrected chi connectivity index (χ3v) is 3.45. The van der Waals surface area contributed by atoms with Crippen molar-refractivity contribution in [2.45, 2.75) is 26.7 Å². The molecule has 104 valence electrons. The Labute approximate surface area is 116 Å². The molecule has 0 bridgehead atoms. The summed E-state index contributed by atoms with van der Waals surface area (Å²) in [6, 6.07) is 6.04. The van der Waals surface area contributed by atoms with E-state index in [9.17, 15) is 9.59 Å². The molecule has 0 fully saturated rings. The summed E-state index contributed by atoms with van der Waals surface area (Å²) in [5.74, 6) is -1.01. The first-order chi connectivity index (χ1) is 9.52. The van der Waals surface area contributed by atoms with E-state index >= 15 is 0 Å². The number of carboxylic acids is 1. The molecule has 2 aromatic rings. The molecular formula is C16H17NO3. The van der Waals surface area contributed by atoms with Gasteiger partial charge in [-0.1, -0.05) is 25.1 Å². The van der Waals surface area contributed by atoms with Crippen LogP contribution in [0.2, 0.25) is 0 Å². The second-order valence-corrected chi connectivity index (χ2v) is 4.74. The zero-order chi connectivity index (χ0) is 14.7. The second kappa shape index (κ2) is 5.74. The second-order valence-electron chi connectivity index (χ2n) is 4.74. The summed E-state index contributed by atoms with van der Waals surface area (Å²) < 4.78 is 0. The number of rotatable bonds is 4. The van der Waals surface area contributed by atoms with Crippen molar-refractivity contribution in [2.75, 3.05) is 0 Å². The number of fused-ring (bicyclic) bond motifs is 1. The van der Waals surface area contributed by atoms with Crippen molar-refractivity contribution in [1.29, 1.82) is 0 Å². The summed E-state index contributed by atoms with van der Waals surface area (Å²) in [5, 5.41) is 9.59. The van der Waals surface area contributed by atoms with Crippen molar-refractivity contribution in [1.82, 2.24) is 4.98 Å². The molecule has 0 aliphatic rings. The Morgan fingerprint density at radius 3 is 2.80 bits per heavy atom. The van der Waals surface area contributed by atoms with Gasteiger partial charge in [-0.2, -0.15) is 0 Å². The predicted octanol–water partition coefficient (Wildman–Crippen LogP) is 2.58. The van der Waals surface area contributed by atoms with Crippen LogP contribution in [-0.2, 0) is 17.6 Å². The van der Waals surface area contributed by atoms with Crippen molar-refractivity contribution in [3.05, 3.63) is 57.4 Å². The molecule has 4 nitrogen and oxygen atoms in total. The van der Waals surface area contributed by atoms with Crippen LogP contribution in [0.25, 0.3) is 10.9 Å². The van der Waals surface area contributed by atoms with Crippen LogP contribution in [0, 0.1) is 6.92 Å². The summed E-state index contributed by atoms with van der Waals surface area (Å²) >= 11 is 0. The van der Waals surface area contributed by atoms with Crippen molar-refractivity contribution in [2.24, 2.45) is 0 Å². The van der Waals surface area contributed by atoms with Crippen LogP contribution in [0.3, 0.4) is 0 Å². The highest BCUT2D eigenvalue weighted by Gasteiger charge is 2.08. The van der Waals surface area contributed by atoms with Crippen molar-refractivity contribution in [3.63, 3.8) is 0 Å². The van der Waals surface area contributed by atoms with Gasteiger partial charge in [-0.3, -0.25) is 4.79 Å². The standard InChI is InChI=1S/C16H17NO3/c1-3-11-7-8-12-10(2)13(5-4-6-15(18)19)16(20)17-14(12)9-11/h4,6-9H,3,5H2,1-2H3,(H,17,20)(H,18,19). The van der Waals surface area contributed by atoms with Gasteiger partial charge >= 0.3 is 5.97 Å². The Kier molecular flexibility index (Phi) is 4.03. The number of allylic oxidation sites excluding steroid dienone is 1. The molecule has 0 saturated heterocycles. The molecule has 1 aromatic heterocycles. The molecule has 1 aromatic carbocycles. The first-order valence-electron chi connectivity index (χ1n) is 6.56. The molecule has 0 unspecified atom stereocenters. The van der Waals surface area contributed by atoms with Gasteiger partial charge in [-0.05, 0) is 37.0 Å². The summed E-state index contributed by atoms with van der Waals surface area (Å²) in [4.78, 5) is 25.4. The molecule has 0 aliphatic heterocycles. The minimum Gasteiger partial charge on any atom is -0.478 e. The van der Waals surface area contributed by atoms with Gasteiger partial charge in [0.25, 0.3) is 5.56 Å². The maximum atomic E-state index is 12.1. The van der Waals surface area contributed by atoms with Gasteiger partial charge in [-0.25, -0.2) is 4.79 Å². The van der Waals surface area contributed by atoms with Crippen molar-refractivity contribution in [3.8, 4) is 0 Å². The number of aromatic amines is 1. The lowest BCUT2D eigenvalue weighted by Gasteiger charge is -2.08. The molecule has 2 rings (SSSR count).